The maximum absolute atomic E-state index is 12.6. The van der Waals surface area contributed by atoms with Crippen molar-refractivity contribution in [2.24, 2.45) is 0 Å². The van der Waals surface area contributed by atoms with Crippen LogP contribution in [0.3, 0.4) is 0 Å². The van der Waals surface area contributed by atoms with Crippen molar-refractivity contribution < 1.29 is 33.0 Å². The van der Waals surface area contributed by atoms with Gasteiger partial charge >= 0.3 is 12.1 Å². The van der Waals surface area contributed by atoms with Crippen molar-refractivity contribution in [1.82, 2.24) is 24.3 Å². The summed E-state index contributed by atoms with van der Waals surface area (Å²) >= 11 is 0. The molecule has 1 amide bonds. The van der Waals surface area contributed by atoms with Crippen molar-refractivity contribution in [3.63, 3.8) is 0 Å². The van der Waals surface area contributed by atoms with Gasteiger partial charge in [-0.3, -0.25) is 14.2 Å². The molecule has 0 radical (unpaired) electrons. The van der Waals surface area contributed by atoms with E-state index in [1.807, 2.05) is 65.5 Å². The largest absolute Gasteiger partial charge is 0.490 e. The minimum absolute atomic E-state index is 0.128. The maximum Gasteiger partial charge on any atom is 0.490 e. The third kappa shape index (κ3) is 6.92. The van der Waals surface area contributed by atoms with Gasteiger partial charge in [-0.2, -0.15) is 13.2 Å². The van der Waals surface area contributed by atoms with Crippen molar-refractivity contribution in [1.29, 1.82) is 0 Å². The second-order valence-corrected chi connectivity index (χ2v) is 7.62. The zero-order valence-corrected chi connectivity index (χ0v) is 19.0. The number of aliphatic hydroxyl groups excluding tert-OH is 1. The fraction of sp³-hybridized carbons (Fsp3) is 0.250. The lowest BCUT2D eigenvalue weighted by Gasteiger charge is -2.02. The predicted molar refractivity (Wildman–Crippen MR) is 124 cm³/mol. The van der Waals surface area contributed by atoms with Gasteiger partial charge in [0.05, 0.1) is 17.8 Å². The molecule has 0 fully saturated rings. The van der Waals surface area contributed by atoms with E-state index in [-0.39, 0.29) is 12.5 Å². The lowest BCUT2D eigenvalue weighted by molar-refractivity contribution is -0.192. The summed E-state index contributed by atoms with van der Waals surface area (Å²) in [5.74, 6) is -2.24. The van der Waals surface area contributed by atoms with Crippen molar-refractivity contribution in [3.05, 3.63) is 78.6 Å². The highest BCUT2D eigenvalue weighted by molar-refractivity contribution is 6.00. The number of carbonyl (C=O) groups is 2. The average Bonchev–Trinajstić information content (AvgIpc) is 3.47. The van der Waals surface area contributed by atoms with E-state index in [1.165, 1.54) is 0 Å². The lowest BCUT2D eigenvalue weighted by Crippen LogP contribution is -2.25. The number of carbonyl (C=O) groups excluding carboxylic acids is 1. The molecule has 12 heteroatoms. The highest BCUT2D eigenvalue weighted by Gasteiger charge is 2.38. The molecule has 36 heavy (non-hydrogen) atoms. The Morgan fingerprint density at radius 1 is 1.03 bits per heavy atom. The van der Waals surface area contributed by atoms with Crippen LogP contribution in [-0.4, -0.2) is 60.4 Å². The zero-order valence-electron chi connectivity index (χ0n) is 19.0. The number of rotatable bonds is 8. The standard InChI is InChI=1S/C22H23N5O2.C2HF3O2/c28-14-6-4-11-24-22(29)20-19-8-2-5-12-27(19)21(25-20)17-9-13-26(15-17)16-18-7-1-3-10-23-18;3-2(4,5)1(6)7/h1-3,5,7-10,12-13,15,28H,4,6,11,14,16H2,(H,24,29);(H,6,7). The van der Waals surface area contributed by atoms with Gasteiger partial charge < -0.3 is 20.1 Å². The van der Waals surface area contributed by atoms with Gasteiger partial charge in [0.25, 0.3) is 5.91 Å². The molecule has 0 bridgehead atoms. The Bertz CT molecular complexity index is 1300. The summed E-state index contributed by atoms with van der Waals surface area (Å²) in [6.07, 6.45) is 4.02. The molecule has 0 aliphatic carbocycles. The number of alkyl halides is 3. The normalized spacial score (nSPS) is 11.1. The van der Waals surface area contributed by atoms with Gasteiger partial charge in [-0.15, -0.1) is 0 Å². The topological polar surface area (TPSA) is 122 Å². The van der Waals surface area contributed by atoms with E-state index in [0.717, 1.165) is 29.0 Å². The minimum atomic E-state index is -5.08. The first-order chi connectivity index (χ1) is 17.2. The lowest BCUT2D eigenvalue weighted by atomic mass is 10.3. The molecule has 0 aliphatic heterocycles. The van der Waals surface area contributed by atoms with Gasteiger partial charge in [-0.25, -0.2) is 9.78 Å². The van der Waals surface area contributed by atoms with E-state index < -0.39 is 12.1 Å². The number of hydrogen-bond acceptors (Lipinski definition) is 5. The van der Waals surface area contributed by atoms with Gasteiger partial charge in [-0.1, -0.05) is 12.1 Å². The number of aliphatic carboxylic acids is 1. The van der Waals surface area contributed by atoms with Crippen LogP contribution in [0.1, 0.15) is 29.0 Å². The Morgan fingerprint density at radius 2 is 1.78 bits per heavy atom. The summed E-state index contributed by atoms with van der Waals surface area (Å²) < 4.78 is 35.7. The number of aromatic nitrogens is 4. The zero-order chi connectivity index (χ0) is 26.1. The van der Waals surface area contributed by atoms with Crippen molar-refractivity contribution in [3.8, 4) is 11.4 Å². The minimum Gasteiger partial charge on any atom is -0.475 e. The second kappa shape index (κ2) is 12.0. The van der Waals surface area contributed by atoms with Crippen LogP contribution in [0.4, 0.5) is 13.2 Å². The average molecular weight is 503 g/mol. The van der Waals surface area contributed by atoms with Crippen LogP contribution in [-0.2, 0) is 11.3 Å². The molecule has 0 aromatic carbocycles. The van der Waals surface area contributed by atoms with E-state index in [2.05, 4.69) is 19.9 Å². The fourth-order valence-corrected chi connectivity index (χ4v) is 3.28. The van der Waals surface area contributed by atoms with Gasteiger partial charge in [0.2, 0.25) is 0 Å². The van der Waals surface area contributed by atoms with Crippen LogP contribution in [0, 0.1) is 0 Å². The molecule has 9 nitrogen and oxygen atoms in total. The summed E-state index contributed by atoms with van der Waals surface area (Å²) in [5.41, 5.74) is 3.08. The van der Waals surface area contributed by atoms with Crippen molar-refractivity contribution in [2.75, 3.05) is 13.2 Å². The molecule has 190 valence electrons. The Balaban J connectivity index is 0.000000454. The molecule has 0 saturated heterocycles. The molecule has 4 aromatic heterocycles. The summed E-state index contributed by atoms with van der Waals surface area (Å²) in [5, 5.41) is 18.9. The van der Waals surface area contributed by atoms with Crippen LogP contribution < -0.4 is 5.32 Å². The van der Waals surface area contributed by atoms with E-state index in [0.29, 0.717) is 25.2 Å². The van der Waals surface area contributed by atoms with Crippen molar-refractivity contribution in [2.45, 2.75) is 25.6 Å². The van der Waals surface area contributed by atoms with Gasteiger partial charge in [-0.05, 0) is 43.2 Å². The Hall–Kier alpha value is -4.19. The van der Waals surface area contributed by atoms with Crippen LogP contribution in [0.5, 0.6) is 0 Å². The number of fused-ring (bicyclic) bond motifs is 1. The number of carboxylic acids is 1. The Labute approximate surface area is 203 Å². The molecule has 0 aliphatic rings. The predicted octanol–water partition coefficient (Wildman–Crippen LogP) is 3.38. The number of hydrogen-bond donors (Lipinski definition) is 3. The van der Waals surface area contributed by atoms with Gasteiger partial charge in [0, 0.05) is 43.5 Å². The van der Waals surface area contributed by atoms with Gasteiger partial charge in [0.1, 0.15) is 5.82 Å². The number of unbranched alkanes of at least 4 members (excludes halogenated alkanes) is 1. The number of aliphatic hydroxyl groups is 1. The summed E-state index contributed by atoms with van der Waals surface area (Å²) in [6.45, 7) is 1.31. The van der Waals surface area contributed by atoms with Crippen LogP contribution in [0.25, 0.3) is 16.9 Å². The quantitative estimate of drug-likeness (QED) is 0.317. The summed E-state index contributed by atoms with van der Waals surface area (Å²) in [7, 11) is 0. The Kier molecular flexibility index (Phi) is 8.79. The highest BCUT2D eigenvalue weighted by atomic mass is 19.4. The van der Waals surface area contributed by atoms with Crippen LogP contribution in [0.2, 0.25) is 0 Å². The van der Waals surface area contributed by atoms with E-state index in [9.17, 15) is 18.0 Å². The van der Waals surface area contributed by atoms with E-state index in [1.54, 1.807) is 6.20 Å². The molecule has 0 spiro atoms. The number of imidazole rings is 1. The molecule has 3 N–H and O–H groups in total. The molecular formula is C24H24F3N5O4. The molecule has 4 rings (SSSR count). The van der Waals surface area contributed by atoms with Crippen LogP contribution in [0.15, 0.2) is 67.3 Å². The second-order valence-electron chi connectivity index (χ2n) is 7.62. The molecular weight excluding hydrogens is 479 g/mol. The fourth-order valence-electron chi connectivity index (χ4n) is 3.28. The number of nitrogens with zero attached hydrogens (tertiary/aromatic N) is 4. The highest BCUT2D eigenvalue weighted by Crippen LogP contribution is 2.23. The number of pyridine rings is 2. The first-order valence-electron chi connectivity index (χ1n) is 10.9. The van der Waals surface area contributed by atoms with Gasteiger partial charge in [0.15, 0.2) is 5.69 Å². The summed E-state index contributed by atoms with van der Waals surface area (Å²) in [6, 6.07) is 13.6. The third-order valence-corrected chi connectivity index (χ3v) is 4.96. The monoisotopic (exact) mass is 503 g/mol. The van der Waals surface area contributed by atoms with E-state index >= 15 is 0 Å². The maximum atomic E-state index is 12.6. The SMILES string of the molecule is O=C(NCCCCO)c1nc(-c2ccn(Cc3ccccn3)c2)n2ccccc12.O=C(O)C(F)(F)F. The molecule has 0 saturated carbocycles. The van der Waals surface area contributed by atoms with Crippen LogP contribution >= 0.6 is 0 Å². The molecule has 0 atom stereocenters. The number of nitrogens with one attached hydrogen (secondary N) is 1. The summed E-state index contributed by atoms with van der Waals surface area (Å²) in [4.78, 5) is 30.6. The third-order valence-electron chi connectivity index (χ3n) is 4.96. The number of carboxylic acid groups (broad SMARTS) is 1. The number of amides is 1. The smallest absolute Gasteiger partial charge is 0.475 e. The molecule has 4 aromatic rings. The molecule has 0 unspecified atom stereocenters. The first kappa shape index (κ1) is 26.4. The van der Waals surface area contributed by atoms with Crippen molar-refractivity contribution >= 4 is 17.4 Å². The molecule has 4 heterocycles. The Morgan fingerprint density at radius 3 is 2.44 bits per heavy atom. The first-order valence-corrected chi connectivity index (χ1v) is 10.9. The number of halogens is 3. The van der Waals surface area contributed by atoms with E-state index in [4.69, 9.17) is 15.0 Å².